The van der Waals surface area contributed by atoms with Crippen molar-refractivity contribution in [2.75, 3.05) is 33.2 Å². The first kappa shape index (κ1) is 12.4. The molecule has 1 unspecified atom stereocenters. The van der Waals surface area contributed by atoms with Crippen molar-refractivity contribution in [3.8, 4) is 0 Å². The third-order valence-electron chi connectivity index (χ3n) is 5.45. The van der Waals surface area contributed by atoms with Crippen molar-refractivity contribution < 1.29 is 0 Å². The molecule has 0 aromatic carbocycles. The van der Waals surface area contributed by atoms with Gasteiger partial charge in [-0.1, -0.05) is 20.8 Å². The maximum Gasteiger partial charge on any atom is 0.0357 e. The summed E-state index contributed by atoms with van der Waals surface area (Å²) < 4.78 is 0. The van der Waals surface area contributed by atoms with Gasteiger partial charge in [0.05, 0.1) is 0 Å². The van der Waals surface area contributed by atoms with Crippen LogP contribution in [0.15, 0.2) is 0 Å². The van der Waals surface area contributed by atoms with Gasteiger partial charge in [-0.05, 0) is 38.1 Å². The van der Waals surface area contributed by atoms with E-state index in [0.29, 0.717) is 11.0 Å². The summed E-state index contributed by atoms with van der Waals surface area (Å²) in [5.74, 6) is 0. The largest absolute Gasteiger partial charge is 0.301 e. The van der Waals surface area contributed by atoms with E-state index >= 15 is 0 Å². The maximum absolute atomic E-state index is 2.71. The average Bonchev–Trinajstić information content (AvgIpc) is 2.73. The van der Waals surface area contributed by atoms with E-state index in [9.17, 15) is 0 Å². The highest BCUT2D eigenvalue weighted by Crippen LogP contribution is 2.39. The summed E-state index contributed by atoms with van der Waals surface area (Å²) in [7, 11) is 2.30. The third-order valence-corrected chi connectivity index (χ3v) is 5.45. The zero-order valence-corrected chi connectivity index (χ0v) is 11.6. The number of hydrogen-bond donors (Lipinski definition) is 0. The van der Waals surface area contributed by atoms with Crippen LogP contribution >= 0.6 is 0 Å². The molecule has 0 aliphatic carbocycles. The Labute approximate surface area is 101 Å². The summed E-state index contributed by atoms with van der Waals surface area (Å²) in [6.07, 6.45) is 5.44. The highest BCUT2D eigenvalue weighted by Gasteiger charge is 2.47. The molecule has 2 fully saturated rings. The first-order valence-electron chi connectivity index (χ1n) is 6.97. The number of rotatable bonds is 4. The molecule has 94 valence electrons. The molecule has 2 heteroatoms. The minimum atomic E-state index is 0.536. The van der Waals surface area contributed by atoms with Crippen LogP contribution in [0.1, 0.15) is 46.5 Å². The van der Waals surface area contributed by atoms with Crippen molar-refractivity contribution in [1.29, 1.82) is 0 Å². The van der Waals surface area contributed by atoms with Crippen LogP contribution < -0.4 is 0 Å². The molecule has 2 heterocycles. The Hall–Kier alpha value is -0.0800. The van der Waals surface area contributed by atoms with Gasteiger partial charge in [0.2, 0.25) is 0 Å². The Bertz CT molecular complexity index is 247. The fraction of sp³-hybridized carbons (Fsp3) is 1.00. The van der Waals surface area contributed by atoms with E-state index < -0.39 is 0 Å². The lowest BCUT2D eigenvalue weighted by atomic mass is 9.83. The second kappa shape index (κ2) is 4.30. The van der Waals surface area contributed by atoms with Gasteiger partial charge in [-0.25, -0.2) is 0 Å². The van der Waals surface area contributed by atoms with Crippen molar-refractivity contribution >= 4 is 0 Å². The van der Waals surface area contributed by atoms with E-state index in [4.69, 9.17) is 0 Å². The number of hydrogen-bond acceptors (Lipinski definition) is 2. The maximum atomic E-state index is 2.71. The molecule has 0 aromatic heterocycles. The van der Waals surface area contributed by atoms with Gasteiger partial charge in [-0.15, -0.1) is 0 Å². The molecule has 2 saturated heterocycles. The minimum Gasteiger partial charge on any atom is -0.301 e. The quantitative estimate of drug-likeness (QED) is 0.724. The lowest BCUT2D eigenvalue weighted by molar-refractivity contribution is 0.0156. The van der Waals surface area contributed by atoms with Gasteiger partial charge < -0.3 is 4.90 Å². The van der Waals surface area contributed by atoms with Crippen LogP contribution in [-0.2, 0) is 0 Å². The van der Waals surface area contributed by atoms with Gasteiger partial charge in [-0.2, -0.15) is 0 Å². The monoisotopic (exact) mass is 224 g/mol. The molecule has 0 N–H and O–H groups in total. The van der Waals surface area contributed by atoms with Crippen molar-refractivity contribution in [3.63, 3.8) is 0 Å². The van der Waals surface area contributed by atoms with Gasteiger partial charge in [0, 0.05) is 31.7 Å². The van der Waals surface area contributed by atoms with Crippen LogP contribution in [0.5, 0.6) is 0 Å². The third kappa shape index (κ3) is 2.02. The number of likely N-dealkylation sites (tertiary alicyclic amines) is 2. The topological polar surface area (TPSA) is 6.48 Å². The van der Waals surface area contributed by atoms with Gasteiger partial charge in [0.1, 0.15) is 0 Å². The molecule has 16 heavy (non-hydrogen) atoms. The van der Waals surface area contributed by atoms with Crippen molar-refractivity contribution in [2.24, 2.45) is 5.41 Å². The summed E-state index contributed by atoms with van der Waals surface area (Å²) in [5.41, 5.74) is 1.11. The molecule has 2 aliphatic rings. The molecular weight excluding hydrogens is 196 g/mol. The molecule has 2 nitrogen and oxygen atoms in total. The second-order valence-electron chi connectivity index (χ2n) is 6.37. The smallest absolute Gasteiger partial charge is 0.0357 e. The lowest BCUT2D eigenvalue weighted by Crippen LogP contribution is -2.59. The van der Waals surface area contributed by atoms with Crippen molar-refractivity contribution in [1.82, 2.24) is 9.80 Å². The Balaban J connectivity index is 1.89. The van der Waals surface area contributed by atoms with Gasteiger partial charge in [0.25, 0.3) is 0 Å². The van der Waals surface area contributed by atoms with E-state index in [1.54, 1.807) is 0 Å². The Kier molecular flexibility index (Phi) is 3.33. The predicted octanol–water partition coefficient (Wildman–Crippen LogP) is 2.59. The Morgan fingerprint density at radius 3 is 2.12 bits per heavy atom. The Morgan fingerprint density at radius 2 is 1.75 bits per heavy atom. The minimum absolute atomic E-state index is 0.536. The molecular formula is C14H28N2. The van der Waals surface area contributed by atoms with E-state index in [0.717, 1.165) is 0 Å². The molecule has 2 aliphatic heterocycles. The summed E-state index contributed by atoms with van der Waals surface area (Å²) in [5, 5.41) is 0. The van der Waals surface area contributed by atoms with Crippen LogP contribution in [0, 0.1) is 5.41 Å². The molecule has 0 aromatic rings. The number of likely N-dealkylation sites (N-methyl/N-ethyl adjacent to an activating group) is 1. The molecule has 1 atom stereocenters. The van der Waals surface area contributed by atoms with Gasteiger partial charge in [0.15, 0.2) is 0 Å². The summed E-state index contributed by atoms with van der Waals surface area (Å²) >= 11 is 0. The number of nitrogens with zero attached hydrogens (tertiary/aromatic N) is 2. The highest BCUT2D eigenvalue weighted by atomic mass is 15.3. The van der Waals surface area contributed by atoms with Gasteiger partial charge >= 0.3 is 0 Å². The average molecular weight is 224 g/mol. The molecule has 0 bridgehead atoms. The Morgan fingerprint density at radius 1 is 1.12 bits per heavy atom. The van der Waals surface area contributed by atoms with Crippen LogP contribution in [0.25, 0.3) is 0 Å². The molecule has 0 amide bonds. The van der Waals surface area contributed by atoms with Crippen LogP contribution in [0.2, 0.25) is 0 Å². The normalized spacial score (nSPS) is 32.2. The van der Waals surface area contributed by atoms with Crippen LogP contribution in [0.4, 0.5) is 0 Å². The highest BCUT2D eigenvalue weighted by molar-refractivity contribution is 5.05. The summed E-state index contributed by atoms with van der Waals surface area (Å²) in [4.78, 5) is 5.28. The van der Waals surface area contributed by atoms with E-state index in [2.05, 4.69) is 37.6 Å². The molecule has 0 radical (unpaired) electrons. The lowest BCUT2D eigenvalue weighted by Gasteiger charge is -2.49. The zero-order valence-electron chi connectivity index (χ0n) is 11.6. The van der Waals surface area contributed by atoms with E-state index in [1.807, 2.05) is 0 Å². The first-order valence-corrected chi connectivity index (χ1v) is 6.97. The molecule has 2 rings (SSSR count). The summed E-state index contributed by atoms with van der Waals surface area (Å²) in [6.45, 7) is 12.4. The van der Waals surface area contributed by atoms with E-state index in [-0.39, 0.29) is 0 Å². The molecule has 0 saturated carbocycles. The van der Waals surface area contributed by atoms with Gasteiger partial charge in [-0.3, -0.25) is 4.90 Å². The van der Waals surface area contributed by atoms with Crippen molar-refractivity contribution in [2.45, 2.75) is 52.0 Å². The standard InChI is InChI=1S/C14H28N2/c1-5-13(3,6-2)11-16-10-8-14(12-16)7-9-15(14)4/h5-12H2,1-4H3. The fourth-order valence-electron chi connectivity index (χ4n) is 3.26. The molecule has 1 spiro atoms. The second-order valence-corrected chi connectivity index (χ2v) is 6.37. The SMILES string of the molecule is CCC(C)(CC)CN1CCC2(CCN2C)C1. The first-order chi connectivity index (χ1) is 7.53. The fourth-order valence-corrected chi connectivity index (χ4v) is 3.26. The van der Waals surface area contributed by atoms with E-state index in [1.165, 1.54) is 51.9 Å². The van der Waals surface area contributed by atoms with Crippen LogP contribution in [0.3, 0.4) is 0 Å². The predicted molar refractivity (Wildman–Crippen MR) is 69.7 cm³/mol. The van der Waals surface area contributed by atoms with Crippen LogP contribution in [-0.4, -0.2) is 48.6 Å². The van der Waals surface area contributed by atoms with Crippen molar-refractivity contribution in [3.05, 3.63) is 0 Å². The summed E-state index contributed by atoms with van der Waals surface area (Å²) in [6, 6.07) is 0. The zero-order chi connectivity index (χ0) is 11.8.